The van der Waals surface area contributed by atoms with Crippen LogP contribution in [0.4, 0.5) is 0 Å². The van der Waals surface area contributed by atoms with Crippen molar-refractivity contribution < 1.29 is 4.74 Å². The Morgan fingerprint density at radius 3 is 1.70 bits per heavy atom. The number of halogens is 1. The highest BCUT2D eigenvalue weighted by Crippen LogP contribution is 2.34. The van der Waals surface area contributed by atoms with Gasteiger partial charge in [0.25, 0.3) is 0 Å². The van der Waals surface area contributed by atoms with Gasteiger partial charge in [0, 0.05) is 20.9 Å². The van der Waals surface area contributed by atoms with Crippen LogP contribution in [-0.4, -0.2) is 12.6 Å². The van der Waals surface area contributed by atoms with Crippen molar-refractivity contribution in [2.24, 2.45) is 0 Å². The van der Waals surface area contributed by atoms with Gasteiger partial charge < -0.3 is 9.30 Å². The molecule has 1 aromatic heterocycles. The number of fused-ring (bicyclic) bond motifs is 5. The van der Waals surface area contributed by atoms with Gasteiger partial charge in [0.2, 0.25) is 0 Å². The van der Waals surface area contributed by atoms with E-state index >= 15 is 0 Å². The minimum Gasteiger partial charge on any atom is -0.458 e. The van der Waals surface area contributed by atoms with Crippen molar-refractivity contribution >= 4 is 66.6 Å². The van der Waals surface area contributed by atoms with Crippen molar-refractivity contribution in [2.75, 3.05) is 0 Å². The summed E-state index contributed by atoms with van der Waals surface area (Å²) in [6, 6.07) is 61.6. The summed E-state index contributed by atoms with van der Waals surface area (Å²) in [4.78, 5) is 0. The van der Waals surface area contributed by atoms with Gasteiger partial charge in [-0.2, -0.15) is 0 Å². The normalized spacial score (nSPS) is 13.2. The van der Waals surface area contributed by atoms with Crippen LogP contribution in [0.15, 0.2) is 174 Å². The molecule has 4 heteroatoms. The zero-order chi connectivity index (χ0) is 30.7. The van der Waals surface area contributed by atoms with E-state index in [0.717, 1.165) is 21.7 Å². The minimum atomic E-state index is -2.71. The highest BCUT2D eigenvalue weighted by molar-refractivity contribution is 9.10. The fourth-order valence-electron chi connectivity index (χ4n) is 7.44. The van der Waals surface area contributed by atoms with Gasteiger partial charge in [0.15, 0.2) is 8.07 Å². The Hall–Kier alpha value is -5.16. The van der Waals surface area contributed by atoms with Gasteiger partial charge in [-0.25, -0.2) is 0 Å². The second-order valence-corrected chi connectivity index (χ2v) is 16.5. The molecule has 1 aliphatic heterocycles. The largest absolute Gasteiger partial charge is 0.458 e. The van der Waals surface area contributed by atoms with E-state index in [2.05, 4.69) is 190 Å². The monoisotopic (exact) mass is 669 g/mol. The molecule has 0 N–H and O–H groups in total. The van der Waals surface area contributed by atoms with Crippen molar-refractivity contribution in [3.8, 4) is 28.3 Å². The zero-order valence-corrected chi connectivity index (χ0v) is 27.5. The van der Waals surface area contributed by atoms with Crippen LogP contribution >= 0.6 is 15.9 Å². The zero-order valence-electron chi connectivity index (χ0n) is 24.9. The van der Waals surface area contributed by atoms with Crippen molar-refractivity contribution in [3.05, 3.63) is 174 Å². The molecule has 0 saturated heterocycles. The average Bonchev–Trinajstić information content (AvgIpc) is 3.45. The first kappa shape index (κ1) is 27.2. The Labute approximate surface area is 277 Å². The van der Waals surface area contributed by atoms with Crippen LogP contribution in [0, 0.1) is 0 Å². The number of ether oxygens (including phenoxy) is 1. The molecular weight excluding hydrogens is 642 g/mol. The predicted molar refractivity (Wildman–Crippen MR) is 198 cm³/mol. The van der Waals surface area contributed by atoms with Gasteiger partial charge in [-0.1, -0.05) is 137 Å². The minimum absolute atomic E-state index is 0.941. The number of nitrogens with zero attached hydrogens (tertiary/aromatic N) is 1. The van der Waals surface area contributed by atoms with E-state index in [4.69, 9.17) is 4.74 Å². The third-order valence-corrected chi connectivity index (χ3v) is 14.7. The summed E-state index contributed by atoms with van der Waals surface area (Å²) in [7, 11) is -2.71. The molecule has 0 unspecified atom stereocenters. The smallest absolute Gasteiger partial charge is 0.188 e. The molecule has 7 aromatic carbocycles. The fourth-order valence-corrected chi connectivity index (χ4v) is 13.0. The van der Waals surface area contributed by atoms with Crippen LogP contribution in [0.2, 0.25) is 0 Å². The summed E-state index contributed by atoms with van der Waals surface area (Å²) in [6.45, 7) is 0. The van der Waals surface area contributed by atoms with E-state index in [1.165, 1.54) is 53.7 Å². The lowest BCUT2D eigenvalue weighted by Crippen LogP contribution is -2.76. The Kier molecular flexibility index (Phi) is 6.34. The van der Waals surface area contributed by atoms with E-state index in [0.29, 0.717) is 0 Å². The number of hydrogen-bond donors (Lipinski definition) is 0. The molecule has 0 saturated carbocycles. The Morgan fingerprint density at radius 2 is 1.04 bits per heavy atom. The van der Waals surface area contributed by atoms with Gasteiger partial charge >= 0.3 is 0 Å². The van der Waals surface area contributed by atoms with Crippen LogP contribution in [0.25, 0.3) is 38.6 Å². The Morgan fingerprint density at radius 1 is 0.457 bits per heavy atom. The molecule has 0 bridgehead atoms. The molecule has 1 aliphatic rings. The van der Waals surface area contributed by atoms with Crippen LogP contribution < -0.4 is 25.5 Å². The van der Waals surface area contributed by atoms with Gasteiger partial charge in [-0.3, -0.25) is 0 Å². The topological polar surface area (TPSA) is 14.2 Å². The lowest BCUT2D eigenvalue weighted by Gasteiger charge is -2.39. The summed E-state index contributed by atoms with van der Waals surface area (Å²) in [6.07, 6.45) is 0. The third kappa shape index (κ3) is 4.07. The molecule has 0 spiro atoms. The summed E-state index contributed by atoms with van der Waals surface area (Å²) in [5.41, 5.74) is 5.98. The van der Waals surface area contributed by atoms with Crippen LogP contribution in [0.5, 0.6) is 11.5 Å². The van der Waals surface area contributed by atoms with E-state index in [9.17, 15) is 0 Å². The maximum Gasteiger partial charge on any atom is 0.188 e. The van der Waals surface area contributed by atoms with Crippen LogP contribution in [0.1, 0.15) is 0 Å². The number of aromatic nitrogens is 1. The summed E-state index contributed by atoms with van der Waals surface area (Å²) >= 11 is 3.79. The van der Waals surface area contributed by atoms with Crippen LogP contribution in [-0.2, 0) is 0 Å². The maximum absolute atomic E-state index is 6.53. The first-order valence-corrected chi connectivity index (χ1v) is 18.3. The lowest BCUT2D eigenvalue weighted by molar-refractivity contribution is 0.487. The second kappa shape index (κ2) is 10.7. The molecule has 0 amide bonds. The number of hydrogen-bond acceptors (Lipinski definition) is 1. The number of para-hydroxylation sites is 4. The first-order chi connectivity index (χ1) is 22.7. The van der Waals surface area contributed by atoms with Crippen molar-refractivity contribution in [1.82, 2.24) is 4.57 Å². The SMILES string of the molecule is Brc1cccc([Si]2(c3ccc(-c4cccc(-n5c6ccccc6c6ccccc65)c4)cc3)c3ccccc3Oc3ccccc32)c1. The van der Waals surface area contributed by atoms with Gasteiger partial charge in [0.1, 0.15) is 11.5 Å². The molecule has 2 heterocycles. The van der Waals surface area contributed by atoms with Gasteiger partial charge in [-0.05, 0) is 80.4 Å². The van der Waals surface area contributed by atoms with E-state index < -0.39 is 8.07 Å². The molecule has 2 nitrogen and oxygen atoms in total. The third-order valence-electron chi connectivity index (χ3n) is 9.40. The molecule has 0 fully saturated rings. The second-order valence-electron chi connectivity index (χ2n) is 11.9. The predicted octanol–water partition coefficient (Wildman–Crippen LogP) is 8.70. The molecule has 218 valence electrons. The molecule has 0 radical (unpaired) electrons. The molecule has 46 heavy (non-hydrogen) atoms. The van der Waals surface area contributed by atoms with Crippen molar-refractivity contribution in [1.29, 1.82) is 0 Å². The Bertz CT molecular complexity index is 2330. The van der Waals surface area contributed by atoms with E-state index in [1.807, 2.05) is 0 Å². The quantitative estimate of drug-likeness (QED) is 0.171. The first-order valence-electron chi connectivity index (χ1n) is 15.5. The summed E-state index contributed by atoms with van der Waals surface area (Å²) in [5.74, 6) is 1.88. The highest BCUT2D eigenvalue weighted by Gasteiger charge is 2.47. The maximum atomic E-state index is 6.53. The highest BCUT2D eigenvalue weighted by atomic mass is 79.9. The van der Waals surface area contributed by atoms with Crippen LogP contribution in [0.3, 0.4) is 0 Å². The van der Waals surface area contributed by atoms with Gasteiger partial charge in [-0.15, -0.1) is 0 Å². The van der Waals surface area contributed by atoms with Gasteiger partial charge in [0.05, 0.1) is 11.0 Å². The summed E-state index contributed by atoms with van der Waals surface area (Å²) < 4.78 is 9.99. The standard InChI is InChI=1S/C42H28BrNOSi/c43-31-12-10-14-34(28-31)46(41-21-7-5-19-39(41)45-40-20-6-8-22-42(40)46)33-25-23-29(24-26-33)30-11-9-13-32(27-30)44-37-17-3-1-15-35(37)36-16-2-4-18-38(36)44/h1-28H. The molecule has 8 aromatic rings. The van der Waals surface area contributed by atoms with Crippen molar-refractivity contribution in [2.45, 2.75) is 0 Å². The molecule has 0 atom stereocenters. The Balaban J connectivity index is 1.22. The molecule has 9 rings (SSSR count). The fraction of sp³-hybridized carbons (Fsp3) is 0. The summed E-state index contributed by atoms with van der Waals surface area (Å²) in [5, 5.41) is 7.74. The van der Waals surface area contributed by atoms with E-state index in [-0.39, 0.29) is 0 Å². The van der Waals surface area contributed by atoms with Crippen molar-refractivity contribution in [3.63, 3.8) is 0 Å². The number of rotatable bonds is 4. The number of benzene rings is 7. The molecular formula is C42H28BrNOSi. The van der Waals surface area contributed by atoms with E-state index in [1.54, 1.807) is 0 Å². The molecule has 0 aliphatic carbocycles. The lowest BCUT2D eigenvalue weighted by atomic mass is 10.1. The average molecular weight is 671 g/mol.